The van der Waals surface area contributed by atoms with Crippen molar-refractivity contribution < 1.29 is 9.59 Å². The molecule has 0 radical (unpaired) electrons. The van der Waals surface area contributed by atoms with Crippen molar-refractivity contribution >= 4 is 68.7 Å². The van der Waals surface area contributed by atoms with Crippen LogP contribution in [0.4, 0.5) is 11.4 Å². The molecule has 0 N–H and O–H groups in total. The van der Waals surface area contributed by atoms with Crippen LogP contribution in [0, 0.1) is 6.92 Å². The number of thiocarbonyl (C=S) groups is 1. The van der Waals surface area contributed by atoms with Gasteiger partial charge in [-0.3, -0.25) is 14.5 Å². The second-order valence-electron chi connectivity index (χ2n) is 6.03. The second-order valence-corrected chi connectivity index (χ2v) is 8.08. The number of anilines is 2. The van der Waals surface area contributed by atoms with Gasteiger partial charge in [0.2, 0.25) is 0 Å². The molecule has 2 aromatic rings. The number of benzene rings is 2. The Bertz CT molecular complexity index is 1030. The maximum absolute atomic E-state index is 13.1. The van der Waals surface area contributed by atoms with Gasteiger partial charge in [0.1, 0.15) is 0 Å². The normalized spacial score (nSPS) is 19.6. The van der Waals surface area contributed by atoms with Gasteiger partial charge in [0.05, 0.1) is 21.9 Å². The molecular formula is C19H13ClN2O2S2. The number of amides is 2. The first-order chi connectivity index (χ1) is 12.4. The van der Waals surface area contributed by atoms with Crippen LogP contribution in [0.3, 0.4) is 0 Å². The van der Waals surface area contributed by atoms with Gasteiger partial charge in [0.15, 0.2) is 4.32 Å². The van der Waals surface area contributed by atoms with E-state index in [4.69, 9.17) is 23.8 Å². The maximum Gasteiger partial charge on any atom is 0.271 e. The first-order valence-electron chi connectivity index (χ1n) is 7.84. The van der Waals surface area contributed by atoms with Crippen molar-refractivity contribution in [1.82, 2.24) is 0 Å². The lowest BCUT2D eigenvalue weighted by Crippen LogP contribution is -2.28. The van der Waals surface area contributed by atoms with E-state index < -0.39 is 0 Å². The Morgan fingerprint density at radius 1 is 1.08 bits per heavy atom. The van der Waals surface area contributed by atoms with Gasteiger partial charge in [-0.2, -0.15) is 0 Å². The third-order valence-corrected chi connectivity index (χ3v) is 6.24. The van der Waals surface area contributed by atoms with E-state index in [2.05, 4.69) is 0 Å². The van der Waals surface area contributed by atoms with Crippen LogP contribution in [0.1, 0.15) is 11.1 Å². The molecule has 2 aliphatic heterocycles. The fourth-order valence-corrected chi connectivity index (χ4v) is 4.60. The Morgan fingerprint density at radius 3 is 2.54 bits per heavy atom. The molecule has 2 aromatic carbocycles. The van der Waals surface area contributed by atoms with Crippen molar-refractivity contribution in [3.8, 4) is 0 Å². The number of aryl methyl sites for hydroxylation is 1. The molecule has 0 unspecified atom stereocenters. The molecule has 7 heteroatoms. The first kappa shape index (κ1) is 17.3. The number of nitrogens with zero attached hydrogens (tertiary/aromatic N) is 2. The number of fused-ring (bicyclic) bond motifs is 1. The van der Waals surface area contributed by atoms with Gasteiger partial charge in [-0.25, -0.2) is 0 Å². The number of likely N-dealkylation sites (N-methyl/N-ethyl adjacent to an activating group) is 1. The van der Waals surface area contributed by atoms with E-state index in [0.717, 1.165) is 28.6 Å². The van der Waals surface area contributed by atoms with Gasteiger partial charge >= 0.3 is 0 Å². The molecule has 0 atom stereocenters. The molecule has 4 nitrogen and oxygen atoms in total. The third-order valence-electron chi connectivity index (χ3n) is 4.46. The molecular weight excluding hydrogens is 388 g/mol. The Morgan fingerprint density at radius 2 is 1.81 bits per heavy atom. The summed E-state index contributed by atoms with van der Waals surface area (Å²) in [6.07, 6.45) is 0. The second kappa shape index (κ2) is 6.23. The van der Waals surface area contributed by atoms with Crippen molar-refractivity contribution in [1.29, 1.82) is 0 Å². The SMILES string of the molecule is Cc1ccc(N2C(=O)C(=C3C(=O)N(C)c4ccccc43)SC2=S)cc1Cl. The summed E-state index contributed by atoms with van der Waals surface area (Å²) in [5, 5.41) is 0.561. The summed E-state index contributed by atoms with van der Waals surface area (Å²) in [7, 11) is 1.70. The fraction of sp³-hybridized carbons (Fsp3) is 0.105. The zero-order valence-electron chi connectivity index (χ0n) is 13.9. The molecule has 0 spiro atoms. The highest BCUT2D eigenvalue weighted by Crippen LogP contribution is 2.45. The molecule has 0 saturated carbocycles. The molecule has 4 rings (SSSR count). The first-order valence-corrected chi connectivity index (χ1v) is 9.44. The van der Waals surface area contributed by atoms with E-state index in [9.17, 15) is 9.59 Å². The number of thioether (sulfide) groups is 1. The van der Waals surface area contributed by atoms with E-state index >= 15 is 0 Å². The van der Waals surface area contributed by atoms with Gasteiger partial charge in [-0.15, -0.1) is 0 Å². The summed E-state index contributed by atoms with van der Waals surface area (Å²) in [6, 6.07) is 12.8. The van der Waals surface area contributed by atoms with Crippen molar-refractivity contribution in [2.75, 3.05) is 16.8 Å². The summed E-state index contributed by atoms with van der Waals surface area (Å²) in [4.78, 5) is 29.2. The smallest absolute Gasteiger partial charge is 0.271 e. The summed E-state index contributed by atoms with van der Waals surface area (Å²) in [5.74, 6) is -0.498. The van der Waals surface area contributed by atoms with Crippen molar-refractivity contribution in [3.63, 3.8) is 0 Å². The van der Waals surface area contributed by atoms with E-state index in [1.807, 2.05) is 37.3 Å². The highest BCUT2D eigenvalue weighted by atomic mass is 35.5. The highest BCUT2D eigenvalue weighted by molar-refractivity contribution is 8.27. The molecule has 0 aromatic heterocycles. The average molecular weight is 401 g/mol. The van der Waals surface area contributed by atoms with Gasteiger partial charge in [-0.1, -0.05) is 59.8 Å². The average Bonchev–Trinajstić information content (AvgIpc) is 3.04. The van der Waals surface area contributed by atoms with Crippen LogP contribution >= 0.6 is 35.6 Å². The van der Waals surface area contributed by atoms with E-state index in [0.29, 0.717) is 25.5 Å². The molecule has 0 bridgehead atoms. The molecule has 2 heterocycles. The number of rotatable bonds is 1. The van der Waals surface area contributed by atoms with Crippen molar-refractivity contribution in [2.24, 2.45) is 0 Å². The van der Waals surface area contributed by atoms with E-state index in [1.54, 1.807) is 24.1 Å². The Kier molecular flexibility index (Phi) is 4.14. The Labute approximate surface area is 165 Å². The lowest BCUT2D eigenvalue weighted by molar-refractivity contribution is -0.115. The van der Waals surface area contributed by atoms with Crippen molar-refractivity contribution in [2.45, 2.75) is 6.92 Å². The van der Waals surface area contributed by atoms with Crippen LogP contribution in [-0.4, -0.2) is 23.2 Å². The highest BCUT2D eigenvalue weighted by Gasteiger charge is 2.41. The number of hydrogen-bond acceptors (Lipinski definition) is 4. The Balaban J connectivity index is 1.84. The van der Waals surface area contributed by atoms with Crippen LogP contribution in [0.15, 0.2) is 47.4 Å². The van der Waals surface area contributed by atoms with E-state index in [-0.39, 0.29) is 11.8 Å². The Hall–Kier alpha value is -2.15. The van der Waals surface area contributed by atoms with Crippen LogP contribution in [-0.2, 0) is 9.59 Å². The van der Waals surface area contributed by atoms with Crippen molar-refractivity contribution in [3.05, 3.63) is 63.5 Å². The molecule has 26 heavy (non-hydrogen) atoms. The minimum absolute atomic E-state index is 0.200. The number of hydrogen-bond donors (Lipinski definition) is 0. The van der Waals surface area contributed by atoms with Gasteiger partial charge in [-0.05, 0) is 30.7 Å². The van der Waals surface area contributed by atoms with Crippen LogP contribution < -0.4 is 9.80 Å². The summed E-state index contributed by atoms with van der Waals surface area (Å²) >= 11 is 12.8. The van der Waals surface area contributed by atoms with Crippen LogP contribution in [0.2, 0.25) is 5.02 Å². The zero-order chi connectivity index (χ0) is 18.6. The summed E-state index contributed by atoms with van der Waals surface area (Å²) in [6.45, 7) is 1.89. The van der Waals surface area contributed by atoms with Crippen LogP contribution in [0.25, 0.3) is 5.57 Å². The quantitative estimate of drug-likeness (QED) is 0.525. The standard InChI is InChI=1S/C19H13ClN2O2S2/c1-10-7-8-11(9-13(10)20)22-18(24)16(26-19(22)25)15-12-5-3-4-6-14(12)21(2)17(15)23/h3-9H,1-2H3. The van der Waals surface area contributed by atoms with Gasteiger partial charge in [0.25, 0.3) is 11.8 Å². The van der Waals surface area contributed by atoms with Crippen LogP contribution in [0.5, 0.6) is 0 Å². The number of carbonyl (C=O) groups excluding carboxylic acids is 2. The van der Waals surface area contributed by atoms with Gasteiger partial charge in [0, 0.05) is 17.6 Å². The third kappa shape index (κ3) is 2.48. The fourth-order valence-electron chi connectivity index (χ4n) is 3.05. The minimum atomic E-state index is -0.298. The topological polar surface area (TPSA) is 40.6 Å². The van der Waals surface area contributed by atoms with Gasteiger partial charge < -0.3 is 4.90 Å². The summed E-state index contributed by atoms with van der Waals surface area (Å²) < 4.78 is 0.386. The molecule has 1 fully saturated rings. The largest absolute Gasteiger partial charge is 0.311 e. The monoisotopic (exact) mass is 400 g/mol. The van der Waals surface area contributed by atoms with E-state index in [1.165, 1.54) is 4.90 Å². The number of halogens is 1. The molecule has 130 valence electrons. The number of carbonyl (C=O) groups is 2. The lowest BCUT2D eigenvalue weighted by atomic mass is 10.1. The molecule has 1 saturated heterocycles. The predicted molar refractivity (Wildman–Crippen MR) is 111 cm³/mol. The number of para-hydroxylation sites is 1. The maximum atomic E-state index is 13.1. The molecule has 2 aliphatic rings. The molecule has 2 amide bonds. The summed E-state index contributed by atoms with van der Waals surface area (Å²) in [5.41, 5.74) is 3.46. The molecule has 0 aliphatic carbocycles. The minimum Gasteiger partial charge on any atom is -0.311 e. The predicted octanol–water partition coefficient (Wildman–Crippen LogP) is 4.40. The zero-order valence-corrected chi connectivity index (χ0v) is 16.3. The lowest BCUT2D eigenvalue weighted by Gasteiger charge is -2.15.